The van der Waals surface area contributed by atoms with E-state index < -0.39 is 9.04 Å². The number of hydrogen-bond acceptors (Lipinski definition) is 3. The summed E-state index contributed by atoms with van der Waals surface area (Å²) in [7, 11) is -1.17. The molecule has 3 nitrogen and oxygen atoms in total. The predicted molar refractivity (Wildman–Crippen MR) is 98.4 cm³/mol. The second kappa shape index (κ2) is 8.87. The summed E-state index contributed by atoms with van der Waals surface area (Å²) in [5.74, 6) is 0. The maximum absolute atomic E-state index is 6.16. The molecule has 0 heterocycles. The summed E-state index contributed by atoms with van der Waals surface area (Å²) in [5.41, 5.74) is 0.978. The topological polar surface area (TPSA) is 30.5 Å². The molecule has 0 amide bonds. The first-order valence-electron chi connectivity index (χ1n) is 8.01. The Morgan fingerprint density at radius 2 is 1.52 bits per heavy atom. The maximum atomic E-state index is 6.16. The quantitative estimate of drug-likeness (QED) is 0.595. The molecule has 2 aromatic carbocycles. The Balaban J connectivity index is 1.85. The van der Waals surface area contributed by atoms with Crippen molar-refractivity contribution in [3.05, 3.63) is 60.7 Å². The average molecular weight is 329 g/mol. The molecule has 0 spiro atoms. The molecular formula is C19H26NO2Si. The molecule has 0 saturated carbocycles. The smallest absolute Gasteiger partial charge is 0.273 e. The van der Waals surface area contributed by atoms with Crippen LogP contribution in [-0.2, 0) is 9.16 Å². The van der Waals surface area contributed by atoms with Crippen LogP contribution in [0.1, 0.15) is 20.8 Å². The minimum absolute atomic E-state index is 0.143. The van der Waals surface area contributed by atoms with Gasteiger partial charge in [-0.2, -0.15) is 0 Å². The lowest BCUT2D eigenvalue weighted by atomic mass is 10.2. The summed E-state index contributed by atoms with van der Waals surface area (Å²) in [6.07, 6.45) is 0.656. The fourth-order valence-electron chi connectivity index (χ4n) is 2.04. The van der Waals surface area contributed by atoms with Crippen LogP contribution in [0.5, 0.6) is 0 Å². The van der Waals surface area contributed by atoms with Crippen molar-refractivity contribution in [2.45, 2.75) is 26.4 Å². The van der Waals surface area contributed by atoms with E-state index in [1.165, 1.54) is 5.19 Å². The average Bonchev–Trinajstić information content (AvgIpc) is 2.55. The van der Waals surface area contributed by atoms with Crippen molar-refractivity contribution in [2.75, 3.05) is 24.7 Å². The Morgan fingerprint density at radius 3 is 2.13 bits per heavy atom. The Labute approximate surface area is 141 Å². The number of nitrogens with one attached hydrogen (secondary N) is 1. The van der Waals surface area contributed by atoms with Gasteiger partial charge in [0.05, 0.1) is 18.4 Å². The van der Waals surface area contributed by atoms with Gasteiger partial charge in [0, 0.05) is 12.2 Å². The molecule has 0 fully saturated rings. The van der Waals surface area contributed by atoms with Crippen LogP contribution in [-0.4, -0.2) is 34.0 Å². The highest BCUT2D eigenvalue weighted by Gasteiger charge is 2.20. The molecule has 0 aliphatic carbocycles. The lowest BCUT2D eigenvalue weighted by molar-refractivity contribution is 0.0187. The fourth-order valence-corrected chi connectivity index (χ4v) is 3.93. The van der Waals surface area contributed by atoms with Crippen LogP contribution >= 0.6 is 0 Å². The van der Waals surface area contributed by atoms with Gasteiger partial charge in [0.25, 0.3) is 9.04 Å². The van der Waals surface area contributed by atoms with Crippen LogP contribution in [0.15, 0.2) is 60.7 Å². The third kappa shape index (κ3) is 6.99. The SMILES string of the molecule is CC(C)(C)OC[Si](OCCNc1ccccc1)c1ccccc1. The highest BCUT2D eigenvalue weighted by Crippen LogP contribution is 2.08. The number of hydrogen-bond donors (Lipinski definition) is 1. The molecule has 0 unspecified atom stereocenters. The Bertz CT molecular complexity index is 555. The number of benzene rings is 2. The second-order valence-corrected chi connectivity index (χ2v) is 8.33. The van der Waals surface area contributed by atoms with E-state index in [1.807, 2.05) is 24.3 Å². The van der Waals surface area contributed by atoms with Crippen LogP contribution in [0.4, 0.5) is 5.69 Å². The van der Waals surface area contributed by atoms with Crippen molar-refractivity contribution < 1.29 is 9.16 Å². The number of rotatable bonds is 8. The normalized spacial score (nSPS) is 11.7. The van der Waals surface area contributed by atoms with E-state index in [4.69, 9.17) is 9.16 Å². The van der Waals surface area contributed by atoms with E-state index in [-0.39, 0.29) is 5.60 Å². The largest absolute Gasteiger partial charge is 0.408 e. The minimum atomic E-state index is -1.17. The van der Waals surface area contributed by atoms with Gasteiger partial charge >= 0.3 is 0 Å². The van der Waals surface area contributed by atoms with E-state index in [0.717, 1.165) is 12.2 Å². The van der Waals surface area contributed by atoms with Crippen molar-refractivity contribution >= 4 is 19.9 Å². The zero-order valence-corrected chi connectivity index (χ0v) is 15.2. The van der Waals surface area contributed by atoms with Gasteiger partial charge in [0.1, 0.15) is 0 Å². The van der Waals surface area contributed by atoms with Gasteiger partial charge < -0.3 is 14.5 Å². The second-order valence-electron chi connectivity index (χ2n) is 6.33. The van der Waals surface area contributed by atoms with Crippen molar-refractivity contribution in [2.24, 2.45) is 0 Å². The van der Waals surface area contributed by atoms with Gasteiger partial charge in [0.15, 0.2) is 0 Å². The van der Waals surface area contributed by atoms with Gasteiger partial charge in [-0.05, 0) is 38.1 Å². The molecule has 4 heteroatoms. The summed E-state index contributed by atoms with van der Waals surface area (Å²) in [6, 6.07) is 20.6. The van der Waals surface area contributed by atoms with Gasteiger partial charge in [-0.25, -0.2) is 0 Å². The first kappa shape index (κ1) is 17.7. The number of anilines is 1. The highest BCUT2D eigenvalue weighted by molar-refractivity contribution is 6.67. The van der Waals surface area contributed by atoms with Gasteiger partial charge in [-0.3, -0.25) is 0 Å². The van der Waals surface area contributed by atoms with Crippen LogP contribution in [0, 0.1) is 0 Å². The van der Waals surface area contributed by atoms with Crippen molar-refractivity contribution in [3.8, 4) is 0 Å². The summed E-state index contributed by atoms with van der Waals surface area (Å²) in [4.78, 5) is 0. The monoisotopic (exact) mass is 328 g/mol. The van der Waals surface area contributed by atoms with Crippen molar-refractivity contribution in [3.63, 3.8) is 0 Å². The Kier molecular flexibility index (Phi) is 6.83. The van der Waals surface area contributed by atoms with E-state index >= 15 is 0 Å². The molecule has 1 N–H and O–H groups in total. The molecule has 0 bridgehead atoms. The molecule has 123 valence electrons. The molecule has 0 aliphatic rings. The lowest BCUT2D eigenvalue weighted by Crippen LogP contribution is -2.42. The van der Waals surface area contributed by atoms with Gasteiger partial charge in [-0.1, -0.05) is 48.5 Å². The van der Waals surface area contributed by atoms with Crippen LogP contribution in [0.25, 0.3) is 0 Å². The molecule has 23 heavy (non-hydrogen) atoms. The Morgan fingerprint density at radius 1 is 0.913 bits per heavy atom. The molecular weight excluding hydrogens is 302 g/mol. The van der Waals surface area contributed by atoms with Crippen molar-refractivity contribution in [1.82, 2.24) is 0 Å². The van der Waals surface area contributed by atoms with Crippen LogP contribution in [0.3, 0.4) is 0 Å². The summed E-state index contributed by atoms with van der Waals surface area (Å²) >= 11 is 0. The first-order chi connectivity index (χ1) is 11.0. The van der Waals surface area contributed by atoms with E-state index in [2.05, 4.69) is 62.5 Å². The van der Waals surface area contributed by atoms with Crippen LogP contribution in [0.2, 0.25) is 0 Å². The standard InChI is InChI=1S/C19H26NO2Si/c1-19(2,3)21-16-23(18-12-8-5-9-13-18)22-15-14-20-17-10-6-4-7-11-17/h4-13,20H,14-16H2,1-3H3. The maximum Gasteiger partial charge on any atom is 0.273 e. The number of ether oxygens (including phenoxy) is 1. The summed E-state index contributed by atoms with van der Waals surface area (Å²) in [6.45, 7) is 7.70. The third-order valence-electron chi connectivity index (χ3n) is 3.21. The summed E-state index contributed by atoms with van der Waals surface area (Å²) < 4.78 is 12.1. The third-order valence-corrected chi connectivity index (χ3v) is 5.15. The fraction of sp³-hybridized carbons (Fsp3) is 0.368. The van der Waals surface area contributed by atoms with Crippen LogP contribution < -0.4 is 10.5 Å². The van der Waals surface area contributed by atoms with E-state index in [0.29, 0.717) is 12.8 Å². The van der Waals surface area contributed by atoms with E-state index in [9.17, 15) is 0 Å². The minimum Gasteiger partial charge on any atom is -0.408 e. The lowest BCUT2D eigenvalue weighted by Gasteiger charge is -2.23. The molecule has 2 aromatic rings. The molecule has 2 rings (SSSR count). The highest BCUT2D eigenvalue weighted by atomic mass is 28.3. The Hall–Kier alpha value is -1.62. The number of para-hydroxylation sites is 1. The first-order valence-corrected chi connectivity index (χ1v) is 9.63. The predicted octanol–water partition coefficient (Wildman–Crippen LogP) is 3.37. The summed E-state index contributed by atoms with van der Waals surface area (Å²) in [5, 5.41) is 4.63. The van der Waals surface area contributed by atoms with E-state index in [1.54, 1.807) is 0 Å². The molecule has 0 atom stereocenters. The molecule has 0 aromatic heterocycles. The van der Waals surface area contributed by atoms with Crippen molar-refractivity contribution in [1.29, 1.82) is 0 Å². The molecule has 0 aliphatic heterocycles. The van der Waals surface area contributed by atoms with Gasteiger partial charge in [0.2, 0.25) is 0 Å². The molecule has 0 saturated heterocycles. The molecule has 1 radical (unpaired) electrons. The zero-order chi connectivity index (χ0) is 16.5. The zero-order valence-electron chi connectivity index (χ0n) is 14.2. The van der Waals surface area contributed by atoms with Gasteiger partial charge in [-0.15, -0.1) is 0 Å².